The molecule has 0 radical (unpaired) electrons. The van der Waals surface area contributed by atoms with Gasteiger partial charge in [0.15, 0.2) is 7.85 Å². The molecule has 26 heavy (non-hydrogen) atoms. The molecule has 0 aromatic carbocycles. The maximum atomic E-state index is 13.3. The summed E-state index contributed by atoms with van der Waals surface area (Å²) in [6.45, 7) is 8.38. The van der Waals surface area contributed by atoms with Crippen LogP contribution in [-0.4, -0.2) is 35.1 Å². The van der Waals surface area contributed by atoms with Crippen LogP contribution >= 0.6 is 11.6 Å². The van der Waals surface area contributed by atoms with Gasteiger partial charge in [-0.05, 0) is 29.9 Å². The monoisotopic (exact) mass is 396 g/mol. The lowest BCUT2D eigenvalue weighted by Crippen LogP contribution is -2.38. The number of pyridine rings is 1. The van der Waals surface area contributed by atoms with Crippen LogP contribution < -0.4 is 9.90 Å². The van der Waals surface area contributed by atoms with Gasteiger partial charge in [0.2, 0.25) is 0 Å². The summed E-state index contributed by atoms with van der Waals surface area (Å²) in [5, 5.41) is 0.378. The highest BCUT2D eigenvalue weighted by molar-refractivity contribution is 7.96. The third kappa shape index (κ3) is 4.33. The molecule has 1 aromatic heterocycles. The first-order chi connectivity index (χ1) is 12.0. The molecule has 1 aliphatic carbocycles. The van der Waals surface area contributed by atoms with Crippen LogP contribution in [0, 0.1) is 11.3 Å². The number of allylic oxidation sites excluding steroid dienone is 4. The van der Waals surface area contributed by atoms with Crippen molar-refractivity contribution >= 4 is 40.8 Å². The molecule has 0 fully saturated rings. The lowest BCUT2D eigenvalue weighted by Gasteiger charge is -2.33. The van der Waals surface area contributed by atoms with Crippen LogP contribution in [0.3, 0.4) is 0 Å². The highest BCUT2D eigenvalue weighted by Crippen LogP contribution is 2.39. The molecule has 1 aromatic rings. The van der Waals surface area contributed by atoms with Crippen LogP contribution in [0.15, 0.2) is 34.9 Å². The Kier molecular flexibility index (Phi) is 6.26. The first-order valence-corrected chi connectivity index (χ1v) is 10.4. The van der Waals surface area contributed by atoms with Crippen molar-refractivity contribution < 1.29 is 13.2 Å². The van der Waals surface area contributed by atoms with Crippen molar-refractivity contribution in [2.24, 2.45) is 11.3 Å². The largest absolute Gasteiger partial charge is 0.363 e. The van der Waals surface area contributed by atoms with Crippen LogP contribution in [0.2, 0.25) is 5.02 Å². The Morgan fingerprint density at radius 2 is 2.04 bits per heavy atom. The van der Waals surface area contributed by atoms with Crippen molar-refractivity contribution in [3.63, 3.8) is 0 Å². The van der Waals surface area contributed by atoms with Gasteiger partial charge in [0.05, 0.1) is 15.6 Å². The van der Waals surface area contributed by atoms with Crippen molar-refractivity contribution in [3.05, 3.63) is 39.9 Å². The number of nitrogens with zero attached hydrogens (tertiary/aromatic N) is 2. The number of halogens is 1. The minimum Gasteiger partial charge on any atom is -0.363 e. The summed E-state index contributed by atoms with van der Waals surface area (Å²) in [5.74, 6) is 0.146. The van der Waals surface area contributed by atoms with E-state index in [1.807, 2.05) is 6.08 Å². The van der Waals surface area contributed by atoms with Crippen molar-refractivity contribution in [2.45, 2.75) is 34.1 Å². The van der Waals surface area contributed by atoms with Crippen molar-refractivity contribution in [2.75, 3.05) is 18.1 Å². The first-order valence-electron chi connectivity index (χ1n) is 8.53. The molecule has 0 N–H and O–H groups in total. The van der Waals surface area contributed by atoms with E-state index in [0.717, 1.165) is 0 Å². The number of ether oxygens (including phenoxy) is 1. The summed E-state index contributed by atoms with van der Waals surface area (Å²) in [5.41, 5.74) is 2.25. The highest BCUT2D eigenvalue weighted by atomic mass is 35.5. The van der Waals surface area contributed by atoms with Crippen molar-refractivity contribution in [1.82, 2.24) is 4.98 Å². The smallest absolute Gasteiger partial charge is 0.262 e. The molecule has 0 bridgehead atoms. The highest BCUT2D eigenvalue weighted by Gasteiger charge is 2.33. The molecule has 1 unspecified atom stereocenters. The summed E-state index contributed by atoms with van der Waals surface area (Å²) >= 11 is 6.04. The maximum absolute atomic E-state index is 13.3. The molecule has 0 saturated heterocycles. The Morgan fingerprint density at radius 3 is 2.58 bits per heavy atom. The maximum Gasteiger partial charge on any atom is 0.262 e. The van der Waals surface area contributed by atoms with Gasteiger partial charge < -0.3 is 4.74 Å². The van der Waals surface area contributed by atoms with E-state index < -0.39 is 10.0 Å². The number of hydrogen-bond donors (Lipinski definition) is 0. The Morgan fingerprint density at radius 1 is 1.38 bits per heavy atom. The molecular formula is C18H26BClN2O3S. The minimum absolute atomic E-state index is 0.00485. The molecule has 8 heteroatoms. The Hall–Kier alpha value is -1.31. The zero-order chi connectivity index (χ0) is 19.7. The van der Waals surface area contributed by atoms with Gasteiger partial charge in [-0.3, -0.25) is 4.98 Å². The summed E-state index contributed by atoms with van der Waals surface area (Å²) in [6, 6.07) is 1.60. The van der Waals surface area contributed by atoms with Gasteiger partial charge in [-0.15, -0.1) is 0 Å². The Labute approximate surface area is 162 Å². The van der Waals surface area contributed by atoms with E-state index in [9.17, 15) is 8.42 Å². The molecule has 1 atom stereocenters. The van der Waals surface area contributed by atoms with Gasteiger partial charge in [0.25, 0.3) is 10.0 Å². The van der Waals surface area contributed by atoms with E-state index in [4.69, 9.17) is 16.3 Å². The summed E-state index contributed by atoms with van der Waals surface area (Å²) in [7, 11) is -0.541. The lowest BCUT2D eigenvalue weighted by atomic mass is 9.76. The van der Waals surface area contributed by atoms with Crippen LogP contribution in [0.25, 0.3) is 0 Å². The van der Waals surface area contributed by atoms with Crippen LogP contribution in [0.5, 0.6) is 0 Å². The van der Waals surface area contributed by atoms with Gasteiger partial charge in [-0.25, -0.2) is 12.7 Å². The van der Waals surface area contributed by atoms with E-state index in [1.54, 1.807) is 20.0 Å². The molecule has 142 valence electrons. The quantitative estimate of drug-likeness (QED) is 0.567. The zero-order valence-corrected chi connectivity index (χ0v) is 17.8. The molecule has 5 nitrogen and oxygen atoms in total. The molecule has 1 aliphatic rings. The van der Waals surface area contributed by atoms with E-state index >= 15 is 0 Å². The Balaban J connectivity index is 2.51. The molecule has 0 saturated carbocycles. The second-order valence-corrected chi connectivity index (χ2v) is 9.99. The molecule has 0 amide bonds. The molecule has 0 spiro atoms. The Bertz CT molecular complexity index is 844. The van der Waals surface area contributed by atoms with Crippen LogP contribution in [0.1, 0.15) is 34.1 Å². The van der Waals surface area contributed by atoms with Crippen molar-refractivity contribution in [3.8, 4) is 0 Å². The molecular weight excluding hydrogens is 371 g/mol. The second-order valence-electron chi connectivity index (χ2n) is 7.64. The number of sulfonamides is 1. The molecule has 1 heterocycles. The van der Waals surface area contributed by atoms with E-state index in [-0.39, 0.29) is 18.1 Å². The fourth-order valence-electron chi connectivity index (χ4n) is 3.28. The summed E-state index contributed by atoms with van der Waals surface area (Å²) < 4.78 is 33.0. The number of aromatic nitrogens is 1. The predicted octanol–water partition coefficient (Wildman–Crippen LogP) is 2.63. The van der Waals surface area contributed by atoms with E-state index in [0.29, 0.717) is 27.6 Å². The average Bonchev–Trinajstić information content (AvgIpc) is 2.53. The normalized spacial score (nSPS) is 18.3. The van der Waals surface area contributed by atoms with Crippen LogP contribution in [-0.2, 0) is 14.8 Å². The number of methoxy groups -OCH3 is 1. The topological polar surface area (TPSA) is 59.5 Å². The first kappa shape index (κ1) is 21.0. The fourth-order valence-corrected chi connectivity index (χ4v) is 5.11. The third-order valence-corrected chi connectivity index (χ3v) is 6.57. The van der Waals surface area contributed by atoms with Gasteiger partial charge in [0.1, 0.15) is 6.73 Å². The van der Waals surface area contributed by atoms with Gasteiger partial charge >= 0.3 is 0 Å². The van der Waals surface area contributed by atoms with Gasteiger partial charge in [-0.2, -0.15) is 0 Å². The number of anilines is 1. The number of rotatable bonds is 5. The molecule has 2 rings (SSSR count). The van der Waals surface area contributed by atoms with E-state index in [2.05, 4.69) is 32.7 Å². The SMILES string of the molecule is Bc1ncc(Cl)cc1N(COC)S(=O)(=O)C1=CC=C(C(C)(C)C)C(C)C1. The zero-order valence-electron chi connectivity index (χ0n) is 16.2. The summed E-state index contributed by atoms with van der Waals surface area (Å²) in [6.07, 6.45) is 5.61. The predicted molar refractivity (Wildman–Crippen MR) is 110 cm³/mol. The van der Waals surface area contributed by atoms with E-state index in [1.165, 1.54) is 23.2 Å². The second kappa shape index (κ2) is 7.75. The third-order valence-electron chi connectivity index (χ3n) is 4.52. The summed E-state index contributed by atoms with van der Waals surface area (Å²) in [4.78, 5) is 4.54. The van der Waals surface area contributed by atoms with Crippen molar-refractivity contribution in [1.29, 1.82) is 0 Å². The average molecular weight is 397 g/mol. The van der Waals surface area contributed by atoms with Gasteiger partial charge in [-0.1, -0.05) is 50.9 Å². The minimum atomic E-state index is -3.75. The number of hydrogen-bond acceptors (Lipinski definition) is 4. The van der Waals surface area contributed by atoms with Gasteiger partial charge in [0, 0.05) is 18.9 Å². The molecule has 0 aliphatic heterocycles. The fraction of sp³-hybridized carbons (Fsp3) is 0.500. The van der Waals surface area contributed by atoms with Crippen LogP contribution in [0.4, 0.5) is 5.69 Å². The standard InChI is InChI=1S/C18H26BClN2O3S/c1-12-8-14(6-7-15(12)18(2,3)4)26(23,24)22(11-25-5)16-9-13(20)10-21-17(16)19/h6-7,9-10,12H,8,11,19H2,1-5H3. The lowest BCUT2D eigenvalue weighted by molar-refractivity contribution is 0.210.